The van der Waals surface area contributed by atoms with Crippen molar-refractivity contribution in [1.82, 2.24) is 30.6 Å². The number of allylic oxidation sites excluding steroid dienone is 1. The number of unbranched alkanes of at least 4 members (excludes halogenated alkanes) is 4. The number of aromatic nitrogens is 4. The molecule has 0 atom stereocenters. The van der Waals surface area contributed by atoms with Gasteiger partial charge in [0.05, 0.1) is 22.1 Å². The number of nitrogens with one attached hydrogen (secondary N) is 2. The summed E-state index contributed by atoms with van der Waals surface area (Å²) in [6.07, 6.45) is 24.4. The van der Waals surface area contributed by atoms with Crippen LogP contribution in [0.5, 0.6) is 11.5 Å². The molecule has 0 unspecified atom stereocenters. The first kappa shape index (κ1) is 49.3. The predicted octanol–water partition coefficient (Wildman–Crippen LogP) is 12.8. The van der Waals surface area contributed by atoms with Crippen molar-refractivity contribution < 1.29 is 19.1 Å². The Morgan fingerprint density at radius 1 is 0.831 bits per heavy atom. The fourth-order valence-corrected chi connectivity index (χ4v) is 22.9. The first-order chi connectivity index (χ1) is 31.8. The minimum Gasteiger partial charge on any atom is -0.493 e. The molecule has 10 nitrogen and oxygen atoms in total. The molecule has 0 radical (unpaired) electrons. The normalized spacial score (nSPS) is 13.3. The van der Waals surface area contributed by atoms with Crippen molar-refractivity contribution in [2.45, 2.75) is 105 Å². The van der Waals surface area contributed by atoms with Crippen molar-refractivity contribution in [1.29, 1.82) is 0 Å². The van der Waals surface area contributed by atoms with Crippen molar-refractivity contribution in [3.05, 3.63) is 146 Å². The van der Waals surface area contributed by atoms with Crippen LogP contribution in [0, 0.1) is 0 Å². The van der Waals surface area contributed by atoms with Gasteiger partial charge in [0, 0.05) is 53.2 Å². The van der Waals surface area contributed by atoms with E-state index < -0.39 is 18.4 Å². The second-order valence-electron chi connectivity index (χ2n) is 16.6. The summed E-state index contributed by atoms with van der Waals surface area (Å²) in [7, 11) is 0. The van der Waals surface area contributed by atoms with Crippen molar-refractivity contribution >= 4 is 74.0 Å². The van der Waals surface area contributed by atoms with E-state index in [4.69, 9.17) is 9.47 Å². The van der Waals surface area contributed by atoms with Crippen LogP contribution in [0.25, 0.3) is 27.9 Å². The van der Waals surface area contributed by atoms with Gasteiger partial charge in [-0.2, -0.15) is 0 Å². The van der Waals surface area contributed by atoms with Crippen molar-refractivity contribution in [2.75, 3.05) is 13.2 Å². The standard InChI is InChI=1S/C21H19BrN3O2.C20H17N3O2.3C4H9.Sn/c1-2-3-6-11-27-19-8-5-4-7-15(19)13-24-21(26)18-10-9-16-12-23-14-17(22)20(16)25-18;24-20-17-9-8-16-12-21-11-15(19(16)23-17)6-3-4-10-25-18-7-2-1-5-14(18)13-22-20;3*1-3-4-2;/h1-2,4-5,7-10,12,14H,3,6,11,13H2,(H,24,26);1-3,5-9,11-12H,4,10,13H2,(H,22,24);3*1,3-4H2,2H3;/b;6-3+;;;;. The van der Waals surface area contributed by atoms with Crippen molar-refractivity contribution in [2.24, 2.45) is 0 Å². The molecule has 1 aliphatic heterocycles. The van der Waals surface area contributed by atoms with E-state index in [1.807, 2.05) is 72.8 Å². The number of para-hydroxylation sites is 2. The van der Waals surface area contributed by atoms with Gasteiger partial charge in [0.2, 0.25) is 0 Å². The molecule has 0 fully saturated rings. The number of amides is 2. The quantitative estimate of drug-likeness (QED) is 0.0643. The Hall–Kier alpha value is -5.14. The van der Waals surface area contributed by atoms with Crippen LogP contribution in [-0.4, -0.2) is 63.3 Å². The fourth-order valence-electron chi connectivity index (χ4n) is 7.94. The molecule has 12 heteroatoms. The van der Waals surface area contributed by atoms with Gasteiger partial charge in [0.25, 0.3) is 5.91 Å². The molecule has 0 spiro atoms. The smallest absolute Gasteiger partial charge is 0.270 e. The zero-order valence-corrected chi connectivity index (χ0v) is 42.6. The van der Waals surface area contributed by atoms with Crippen molar-refractivity contribution in [3.63, 3.8) is 0 Å². The van der Waals surface area contributed by atoms with Gasteiger partial charge in [-0.25, -0.2) is 9.97 Å². The number of benzene rings is 2. The second kappa shape index (κ2) is 26.1. The number of pyridine rings is 4. The topological polar surface area (TPSA) is 128 Å². The number of hydrogen-bond acceptors (Lipinski definition) is 8. The van der Waals surface area contributed by atoms with E-state index in [2.05, 4.69) is 77.4 Å². The van der Waals surface area contributed by atoms with E-state index in [1.54, 1.807) is 36.9 Å². The Kier molecular flexibility index (Phi) is 19.8. The van der Waals surface area contributed by atoms with Gasteiger partial charge in [-0.15, -0.1) is 0 Å². The first-order valence-corrected chi connectivity index (χ1v) is 31.8. The molecule has 2 aromatic carbocycles. The van der Waals surface area contributed by atoms with Gasteiger partial charge < -0.3 is 10.1 Å². The van der Waals surface area contributed by atoms with E-state index in [0.29, 0.717) is 37.7 Å². The summed E-state index contributed by atoms with van der Waals surface area (Å²) < 4.78 is 20.1. The van der Waals surface area contributed by atoms with E-state index in [0.717, 1.165) is 73.7 Å². The molecule has 2 amide bonds. The fraction of sp³-hybridized carbons (Fsp3) is 0.358. The van der Waals surface area contributed by atoms with Gasteiger partial charge in [-0.05, 0) is 52.7 Å². The minimum absolute atomic E-state index is 0.208. The average molecular weight is 1050 g/mol. The molecule has 7 rings (SSSR count). The zero-order valence-electron chi connectivity index (χ0n) is 38.2. The Bertz CT molecular complexity index is 2530. The summed E-state index contributed by atoms with van der Waals surface area (Å²) in [6.45, 7) is 9.01. The van der Waals surface area contributed by atoms with E-state index >= 15 is 0 Å². The maximum absolute atomic E-state index is 12.8. The number of carbonyl (C=O) groups excluding carboxylic acids is 2. The summed E-state index contributed by atoms with van der Waals surface area (Å²) >= 11 is 1.27. The molecule has 65 heavy (non-hydrogen) atoms. The third kappa shape index (κ3) is 14.7. The van der Waals surface area contributed by atoms with Gasteiger partial charge in [-0.1, -0.05) is 30.4 Å². The third-order valence-corrected chi connectivity index (χ3v) is 26.5. The largest absolute Gasteiger partial charge is 0.493 e. The Labute approximate surface area is 397 Å². The third-order valence-electron chi connectivity index (χ3n) is 11.6. The van der Waals surface area contributed by atoms with Crippen LogP contribution < -0.4 is 20.1 Å². The van der Waals surface area contributed by atoms with Crippen molar-refractivity contribution in [3.8, 4) is 11.5 Å². The Morgan fingerprint density at radius 3 is 2.32 bits per heavy atom. The molecule has 0 saturated heterocycles. The number of nitrogens with zero attached hydrogens (tertiary/aromatic N) is 4. The molecular formula is C53H63BrN6O4Sn. The summed E-state index contributed by atoms with van der Waals surface area (Å²) in [5.41, 5.74) is 5.07. The second-order valence-corrected chi connectivity index (χ2v) is 30.4. The minimum atomic E-state index is -2.20. The van der Waals surface area contributed by atoms with Crippen LogP contribution in [0.4, 0.5) is 0 Å². The average Bonchev–Trinajstić information content (AvgIpc) is 3.34. The number of fused-ring (bicyclic) bond motifs is 3. The monoisotopic (exact) mass is 1050 g/mol. The number of carbonyl (C=O) groups is 2. The first-order valence-electron chi connectivity index (χ1n) is 23.3. The van der Waals surface area contributed by atoms with E-state index in [9.17, 15) is 9.59 Å². The summed E-state index contributed by atoms with van der Waals surface area (Å²) in [6, 6.07) is 22.9. The van der Waals surface area contributed by atoms with Gasteiger partial charge >= 0.3 is 189 Å². The van der Waals surface area contributed by atoms with Crippen LogP contribution >= 0.6 is 15.9 Å². The molecule has 1 aliphatic rings. The SMILES string of the molecule is CCC[CH2][Sn](/[CH]=C/CCCOc1ccccc1CNC(=O)c1ccc2cncc(Br)c2n1)([CH2]CCC)[CH2]CCC.O=C1NCc2ccccc2OCC/C=C/c2cncc3ccc1nc23. The number of rotatable bonds is 18. The van der Waals surface area contributed by atoms with Crippen LogP contribution in [0.3, 0.4) is 0 Å². The molecule has 2 N–H and O–H groups in total. The maximum atomic E-state index is 12.8. The van der Waals surface area contributed by atoms with Gasteiger partial charge in [-0.3, -0.25) is 14.8 Å². The molecule has 340 valence electrons. The van der Waals surface area contributed by atoms with Crippen LogP contribution in [0.15, 0.2) is 118 Å². The van der Waals surface area contributed by atoms with E-state index in [1.165, 1.54) is 51.8 Å². The number of ether oxygens (including phenoxy) is 2. The molecular weight excluding hydrogens is 983 g/mol. The number of halogens is 1. The molecule has 6 aromatic rings. The summed E-state index contributed by atoms with van der Waals surface area (Å²) in [5, 5.41) is 7.72. The molecule has 0 saturated carbocycles. The van der Waals surface area contributed by atoms with Crippen LogP contribution in [0.2, 0.25) is 13.3 Å². The molecule has 5 heterocycles. The predicted molar refractivity (Wildman–Crippen MR) is 270 cm³/mol. The molecule has 0 aliphatic carbocycles. The summed E-state index contributed by atoms with van der Waals surface area (Å²) in [5.74, 6) is 1.20. The summed E-state index contributed by atoms with van der Waals surface area (Å²) in [4.78, 5) is 42.8. The van der Waals surface area contributed by atoms with Gasteiger partial charge in [0.15, 0.2) is 0 Å². The Balaban J connectivity index is 0.000000238. The van der Waals surface area contributed by atoms with Gasteiger partial charge in [0.1, 0.15) is 11.4 Å². The maximum Gasteiger partial charge on any atom is 0.270 e. The Morgan fingerprint density at radius 2 is 1.54 bits per heavy atom. The van der Waals surface area contributed by atoms with Crippen LogP contribution in [0.1, 0.15) is 116 Å². The molecule has 4 aromatic heterocycles. The number of hydrogen-bond donors (Lipinski definition) is 2. The van der Waals surface area contributed by atoms with E-state index in [-0.39, 0.29) is 11.8 Å². The molecule has 2 bridgehead atoms. The van der Waals surface area contributed by atoms with Crippen LogP contribution in [-0.2, 0) is 13.1 Å². The zero-order chi connectivity index (χ0) is 45.7.